The van der Waals surface area contributed by atoms with Gasteiger partial charge in [0.1, 0.15) is 5.75 Å². The molecule has 4 heteroatoms. The number of aromatic nitrogens is 1. The monoisotopic (exact) mass is 346 g/mol. The number of halogens is 1. The van der Waals surface area contributed by atoms with E-state index in [1.54, 1.807) is 0 Å². The van der Waals surface area contributed by atoms with E-state index in [2.05, 4.69) is 44.9 Å². The molecule has 0 fully saturated rings. The smallest absolute Gasteiger partial charge is 0.127 e. The van der Waals surface area contributed by atoms with Gasteiger partial charge in [0.05, 0.1) is 13.2 Å². The van der Waals surface area contributed by atoms with Crippen LogP contribution in [-0.2, 0) is 19.4 Å². The Morgan fingerprint density at radius 2 is 2.24 bits per heavy atom. The lowest BCUT2D eigenvalue weighted by Gasteiger charge is -2.21. The fourth-order valence-corrected chi connectivity index (χ4v) is 4.14. The van der Waals surface area contributed by atoms with Crippen LogP contribution in [0.15, 0.2) is 28.9 Å². The van der Waals surface area contributed by atoms with E-state index in [1.807, 2.05) is 0 Å². The van der Waals surface area contributed by atoms with Gasteiger partial charge >= 0.3 is 0 Å². The molecule has 1 unspecified atom stereocenters. The highest BCUT2D eigenvalue weighted by Gasteiger charge is 2.22. The van der Waals surface area contributed by atoms with Crippen molar-refractivity contribution in [2.45, 2.75) is 38.3 Å². The fraction of sp³-hybridized carbons (Fsp3) is 0.412. The van der Waals surface area contributed by atoms with Crippen molar-refractivity contribution in [3.63, 3.8) is 0 Å². The molecule has 4 rings (SSSR count). The van der Waals surface area contributed by atoms with Gasteiger partial charge in [-0.3, -0.25) is 0 Å². The molecule has 2 heterocycles. The highest BCUT2D eigenvalue weighted by molar-refractivity contribution is 9.10. The predicted octanol–water partition coefficient (Wildman–Crippen LogP) is 3.57. The van der Waals surface area contributed by atoms with Crippen LogP contribution in [-0.4, -0.2) is 11.2 Å². The van der Waals surface area contributed by atoms with Gasteiger partial charge in [0.15, 0.2) is 0 Å². The summed E-state index contributed by atoms with van der Waals surface area (Å²) in [6.45, 7) is 1.66. The van der Waals surface area contributed by atoms with E-state index in [4.69, 9.17) is 10.5 Å². The molecule has 1 aliphatic heterocycles. The molecule has 2 aromatic rings. The van der Waals surface area contributed by atoms with E-state index in [1.165, 1.54) is 28.8 Å². The lowest BCUT2D eigenvalue weighted by atomic mass is 9.93. The Kier molecular flexibility index (Phi) is 3.31. The Balaban J connectivity index is 1.71. The van der Waals surface area contributed by atoms with Crippen molar-refractivity contribution >= 4 is 15.9 Å². The van der Waals surface area contributed by atoms with Gasteiger partial charge in [-0.1, -0.05) is 15.9 Å². The second-order valence-electron chi connectivity index (χ2n) is 6.00. The normalized spacial score (nSPS) is 20.0. The summed E-state index contributed by atoms with van der Waals surface area (Å²) >= 11 is 3.62. The Morgan fingerprint density at radius 1 is 1.33 bits per heavy atom. The Labute approximate surface area is 133 Å². The Hall–Kier alpha value is -1.26. The second-order valence-corrected chi connectivity index (χ2v) is 6.91. The van der Waals surface area contributed by atoms with Crippen molar-refractivity contribution in [3.05, 3.63) is 51.3 Å². The molecule has 21 heavy (non-hydrogen) atoms. The third kappa shape index (κ3) is 2.30. The van der Waals surface area contributed by atoms with E-state index >= 15 is 0 Å². The van der Waals surface area contributed by atoms with Crippen molar-refractivity contribution < 1.29 is 4.74 Å². The average molecular weight is 347 g/mol. The number of hydrogen-bond acceptors (Lipinski definition) is 2. The van der Waals surface area contributed by atoms with Gasteiger partial charge in [-0.05, 0) is 48.6 Å². The maximum absolute atomic E-state index is 6.22. The van der Waals surface area contributed by atoms with Crippen molar-refractivity contribution in [1.29, 1.82) is 0 Å². The summed E-state index contributed by atoms with van der Waals surface area (Å²) in [4.78, 5) is 0. The van der Waals surface area contributed by atoms with Crippen LogP contribution in [0.4, 0.5) is 0 Å². The van der Waals surface area contributed by atoms with E-state index in [0.29, 0.717) is 0 Å². The van der Waals surface area contributed by atoms with E-state index in [-0.39, 0.29) is 6.04 Å². The van der Waals surface area contributed by atoms with E-state index in [0.717, 1.165) is 42.6 Å². The molecular formula is C17H19BrN2O. The second kappa shape index (κ2) is 5.18. The zero-order valence-electron chi connectivity index (χ0n) is 11.9. The van der Waals surface area contributed by atoms with Gasteiger partial charge in [0, 0.05) is 34.4 Å². The SMILES string of the molecule is NC1CCCc2c1ccn2Cc1cc(Br)cc2c1OCC2. The van der Waals surface area contributed by atoms with Crippen LogP contribution in [0.5, 0.6) is 5.75 Å². The molecule has 0 bridgehead atoms. The first-order valence-corrected chi connectivity index (χ1v) is 8.39. The molecule has 110 valence electrons. The molecule has 0 spiro atoms. The highest BCUT2D eigenvalue weighted by atomic mass is 79.9. The molecule has 0 saturated carbocycles. The molecule has 2 aliphatic rings. The van der Waals surface area contributed by atoms with Gasteiger partial charge < -0.3 is 15.0 Å². The molecule has 1 atom stereocenters. The summed E-state index contributed by atoms with van der Waals surface area (Å²) in [5, 5.41) is 0. The predicted molar refractivity (Wildman–Crippen MR) is 86.7 cm³/mol. The number of fused-ring (bicyclic) bond motifs is 2. The van der Waals surface area contributed by atoms with Crippen molar-refractivity contribution in [2.24, 2.45) is 5.73 Å². The van der Waals surface area contributed by atoms with Gasteiger partial charge in [0.2, 0.25) is 0 Å². The number of rotatable bonds is 2. The molecular weight excluding hydrogens is 328 g/mol. The minimum atomic E-state index is 0.208. The van der Waals surface area contributed by atoms with Crippen LogP contribution >= 0.6 is 15.9 Å². The maximum atomic E-state index is 6.22. The number of ether oxygens (including phenoxy) is 1. The fourth-order valence-electron chi connectivity index (χ4n) is 3.59. The first kappa shape index (κ1) is 13.4. The molecule has 2 N–H and O–H groups in total. The van der Waals surface area contributed by atoms with Crippen LogP contribution in [0.25, 0.3) is 0 Å². The summed E-state index contributed by atoms with van der Waals surface area (Å²) in [5.74, 6) is 1.08. The van der Waals surface area contributed by atoms with Crippen LogP contribution in [0.1, 0.15) is 41.3 Å². The average Bonchev–Trinajstić information content (AvgIpc) is 3.07. The molecule has 1 aromatic heterocycles. The number of benzene rings is 1. The number of nitrogens with two attached hydrogens (primary N) is 1. The van der Waals surface area contributed by atoms with Crippen LogP contribution < -0.4 is 10.5 Å². The number of hydrogen-bond donors (Lipinski definition) is 1. The minimum absolute atomic E-state index is 0.208. The Bertz CT molecular complexity index is 692. The van der Waals surface area contributed by atoms with Gasteiger partial charge in [-0.2, -0.15) is 0 Å². The van der Waals surface area contributed by atoms with E-state index < -0.39 is 0 Å². The summed E-state index contributed by atoms with van der Waals surface area (Å²) in [6.07, 6.45) is 6.61. The van der Waals surface area contributed by atoms with E-state index in [9.17, 15) is 0 Å². The molecule has 0 saturated heterocycles. The third-order valence-corrected chi connectivity index (χ3v) is 5.07. The summed E-state index contributed by atoms with van der Waals surface area (Å²) in [6, 6.07) is 6.75. The topological polar surface area (TPSA) is 40.2 Å². The zero-order chi connectivity index (χ0) is 14.4. The largest absolute Gasteiger partial charge is 0.493 e. The Morgan fingerprint density at radius 3 is 3.14 bits per heavy atom. The maximum Gasteiger partial charge on any atom is 0.127 e. The first-order chi connectivity index (χ1) is 10.2. The third-order valence-electron chi connectivity index (χ3n) is 4.61. The lowest BCUT2D eigenvalue weighted by molar-refractivity contribution is 0.352. The van der Waals surface area contributed by atoms with Crippen LogP contribution in [0, 0.1) is 0 Å². The van der Waals surface area contributed by atoms with Crippen molar-refractivity contribution in [1.82, 2.24) is 4.57 Å². The van der Waals surface area contributed by atoms with Gasteiger partial charge in [-0.15, -0.1) is 0 Å². The summed E-state index contributed by atoms with van der Waals surface area (Å²) in [5.41, 5.74) is 11.5. The van der Waals surface area contributed by atoms with Crippen molar-refractivity contribution in [3.8, 4) is 5.75 Å². The molecule has 0 amide bonds. The van der Waals surface area contributed by atoms with Crippen LogP contribution in [0.2, 0.25) is 0 Å². The quantitative estimate of drug-likeness (QED) is 0.902. The molecule has 0 radical (unpaired) electrons. The van der Waals surface area contributed by atoms with Gasteiger partial charge in [0.25, 0.3) is 0 Å². The lowest BCUT2D eigenvalue weighted by Crippen LogP contribution is -2.18. The van der Waals surface area contributed by atoms with Crippen molar-refractivity contribution in [2.75, 3.05) is 6.61 Å². The molecule has 3 nitrogen and oxygen atoms in total. The standard InChI is InChI=1S/C17H19BrN2O/c18-13-8-11-5-7-21-17(11)12(9-13)10-20-6-4-14-15(19)2-1-3-16(14)20/h4,6,8-9,15H,1-3,5,7,10,19H2. The minimum Gasteiger partial charge on any atom is -0.493 e. The summed E-state index contributed by atoms with van der Waals surface area (Å²) < 4.78 is 9.32. The molecule has 1 aromatic carbocycles. The zero-order valence-corrected chi connectivity index (χ0v) is 13.5. The molecule has 1 aliphatic carbocycles. The summed E-state index contributed by atoms with van der Waals surface area (Å²) in [7, 11) is 0. The number of nitrogens with zero attached hydrogens (tertiary/aromatic N) is 1. The first-order valence-electron chi connectivity index (χ1n) is 7.60. The highest BCUT2D eigenvalue weighted by Crippen LogP contribution is 2.35. The van der Waals surface area contributed by atoms with Crippen LogP contribution in [0.3, 0.4) is 0 Å². The van der Waals surface area contributed by atoms with Gasteiger partial charge in [-0.25, -0.2) is 0 Å².